The number of aromatic nitrogens is 1. The molecule has 2 aromatic rings. The summed E-state index contributed by atoms with van der Waals surface area (Å²) in [5.41, 5.74) is 0.257. The number of hydrogen-bond acceptors (Lipinski definition) is 1. The molecule has 0 radical (unpaired) electrons. The van der Waals surface area contributed by atoms with Crippen LogP contribution in [0.2, 0.25) is 0 Å². The summed E-state index contributed by atoms with van der Waals surface area (Å²) < 4.78 is 40.2. The first-order valence-electron chi connectivity index (χ1n) is 6.77. The van der Waals surface area contributed by atoms with Crippen LogP contribution in [-0.2, 0) is 19.1 Å². The van der Waals surface area contributed by atoms with Crippen molar-refractivity contribution in [2.24, 2.45) is 0 Å². The molecular formula is C16H16F3NO. The minimum Gasteiger partial charge on any atom is -0.353 e. The number of benzene rings is 1. The van der Waals surface area contributed by atoms with E-state index < -0.39 is 11.7 Å². The van der Waals surface area contributed by atoms with Crippen LogP contribution in [0.1, 0.15) is 25.0 Å². The molecule has 112 valence electrons. The molecule has 0 bridgehead atoms. The molecule has 0 aliphatic rings. The Morgan fingerprint density at radius 2 is 1.86 bits per heavy atom. The monoisotopic (exact) mass is 295 g/mol. The Morgan fingerprint density at radius 1 is 1.14 bits per heavy atom. The Morgan fingerprint density at radius 3 is 2.43 bits per heavy atom. The Labute approximate surface area is 120 Å². The maximum Gasteiger partial charge on any atom is 0.416 e. The van der Waals surface area contributed by atoms with Gasteiger partial charge in [0.15, 0.2) is 5.43 Å². The average molecular weight is 295 g/mol. The van der Waals surface area contributed by atoms with Gasteiger partial charge in [0.2, 0.25) is 0 Å². The molecule has 0 atom stereocenters. The van der Waals surface area contributed by atoms with E-state index in [0.29, 0.717) is 29.7 Å². The van der Waals surface area contributed by atoms with Crippen LogP contribution in [0.25, 0.3) is 11.1 Å². The van der Waals surface area contributed by atoms with Crippen LogP contribution < -0.4 is 5.43 Å². The third kappa shape index (κ3) is 3.17. The largest absolute Gasteiger partial charge is 0.416 e. The molecule has 0 unspecified atom stereocenters. The maximum atomic E-state index is 12.8. The highest BCUT2D eigenvalue weighted by Gasteiger charge is 2.30. The van der Waals surface area contributed by atoms with E-state index in [0.717, 1.165) is 12.1 Å². The first-order valence-corrected chi connectivity index (χ1v) is 6.77. The summed E-state index contributed by atoms with van der Waals surface area (Å²) in [6.07, 6.45) is -0.510. The van der Waals surface area contributed by atoms with Gasteiger partial charge in [0, 0.05) is 30.1 Å². The van der Waals surface area contributed by atoms with Crippen molar-refractivity contribution in [3.8, 4) is 11.1 Å². The molecule has 21 heavy (non-hydrogen) atoms. The van der Waals surface area contributed by atoms with Crippen LogP contribution in [0.3, 0.4) is 0 Å². The zero-order chi connectivity index (χ0) is 15.6. The fourth-order valence-corrected chi connectivity index (χ4v) is 2.20. The molecule has 1 heterocycles. The molecule has 0 amide bonds. The van der Waals surface area contributed by atoms with Crippen LogP contribution in [0.5, 0.6) is 0 Å². The molecule has 0 aliphatic carbocycles. The van der Waals surface area contributed by atoms with Gasteiger partial charge in [-0.05, 0) is 31.0 Å². The molecule has 0 saturated heterocycles. The van der Waals surface area contributed by atoms with E-state index in [1.807, 2.05) is 18.4 Å². The summed E-state index contributed by atoms with van der Waals surface area (Å²) in [6.45, 7) is 4.42. The van der Waals surface area contributed by atoms with Crippen LogP contribution in [0, 0.1) is 0 Å². The SMILES string of the molecule is CCc1cn(CC)cc(-c2cccc(C(F)(F)F)c2)c1=O. The number of nitrogens with zero attached hydrogens (tertiary/aromatic N) is 1. The lowest BCUT2D eigenvalue weighted by Crippen LogP contribution is -2.15. The fraction of sp³-hybridized carbons (Fsp3) is 0.312. The molecule has 2 nitrogen and oxygen atoms in total. The number of aryl methyl sites for hydroxylation is 2. The van der Waals surface area contributed by atoms with E-state index in [1.165, 1.54) is 12.1 Å². The van der Waals surface area contributed by atoms with Crippen molar-refractivity contribution in [2.45, 2.75) is 33.0 Å². The molecule has 0 saturated carbocycles. The summed E-state index contributed by atoms with van der Waals surface area (Å²) in [5, 5.41) is 0. The lowest BCUT2D eigenvalue weighted by Gasteiger charge is -2.12. The van der Waals surface area contributed by atoms with Crippen LogP contribution in [-0.4, -0.2) is 4.57 Å². The van der Waals surface area contributed by atoms with Crippen molar-refractivity contribution in [2.75, 3.05) is 0 Å². The Bertz CT molecular complexity index is 701. The summed E-state index contributed by atoms with van der Waals surface area (Å²) in [7, 11) is 0. The third-order valence-corrected chi connectivity index (χ3v) is 3.40. The molecule has 0 N–H and O–H groups in total. The highest BCUT2D eigenvalue weighted by molar-refractivity contribution is 5.64. The predicted molar refractivity (Wildman–Crippen MR) is 76.2 cm³/mol. The van der Waals surface area contributed by atoms with Crippen LogP contribution >= 0.6 is 0 Å². The van der Waals surface area contributed by atoms with Gasteiger partial charge in [0.25, 0.3) is 0 Å². The maximum absolute atomic E-state index is 12.8. The van der Waals surface area contributed by atoms with Gasteiger partial charge >= 0.3 is 6.18 Å². The zero-order valence-electron chi connectivity index (χ0n) is 11.9. The molecule has 0 aliphatic heterocycles. The minimum atomic E-state index is -4.41. The molecule has 0 fully saturated rings. The standard InChI is InChI=1S/C16H16F3NO/c1-3-11-9-20(4-2)10-14(15(11)21)12-6-5-7-13(8-12)16(17,18)19/h5-10H,3-4H2,1-2H3. The number of hydrogen-bond donors (Lipinski definition) is 0. The van der Waals surface area contributed by atoms with Crippen molar-refractivity contribution >= 4 is 0 Å². The summed E-state index contributed by atoms with van der Waals surface area (Å²) in [5.74, 6) is 0. The second-order valence-electron chi connectivity index (χ2n) is 4.79. The van der Waals surface area contributed by atoms with Gasteiger partial charge in [0.1, 0.15) is 0 Å². The Balaban J connectivity index is 2.64. The Kier molecular flexibility index (Phi) is 4.21. The van der Waals surface area contributed by atoms with Crippen LogP contribution in [0.15, 0.2) is 41.5 Å². The molecule has 0 spiro atoms. The van der Waals surface area contributed by atoms with E-state index in [4.69, 9.17) is 0 Å². The molecule has 2 rings (SSSR count). The van der Waals surface area contributed by atoms with E-state index in [-0.39, 0.29) is 5.43 Å². The fourth-order valence-electron chi connectivity index (χ4n) is 2.20. The van der Waals surface area contributed by atoms with E-state index in [1.54, 1.807) is 12.4 Å². The second kappa shape index (κ2) is 5.76. The average Bonchev–Trinajstić information content (AvgIpc) is 2.47. The summed E-state index contributed by atoms with van der Waals surface area (Å²) in [6, 6.07) is 4.89. The van der Waals surface area contributed by atoms with Crippen molar-refractivity contribution in [1.82, 2.24) is 4.57 Å². The van der Waals surface area contributed by atoms with Gasteiger partial charge in [-0.15, -0.1) is 0 Å². The van der Waals surface area contributed by atoms with Gasteiger partial charge in [0.05, 0.1) is 5.56 Å². The predicted octanol–water partition coefficient (Wildman–Crippen LogP) is 4.12. The second-order valence-corrected chi connectivity index (χ2v) is 4.79. The number of halogens is 3. The van der Waals surface area contributed by atoms with Gasteiger partial charge in [-0.25, -0.2) is 0 Å². The summed E-state index contributed by atoms with van der Waals surface area (Å²) >= 11 is 0. The van der Waals surface area contributed by atoms with Gasteiger partial charge < -0.3 is 4.57 Å². The van der Waals surface area contributed by atoms with Gasteiger partial charge in [-0.1, -0.05) is 19.1 Å². The number of pyridine rings is 1. The molecule has 1 aromatic heterocycles. The Hall–Kier alpha value is -2.04. The van der Waals surface area contributed by atoms with Crippen molar-refractivity contribution in [3.63, 3.8) is 0 Å². The molecule has 5 heteroatoms. The van der Waals surface area contributed by atoms with Gasteiger partial charge in [-0.3, -0.25) is 4.79 Å². The van der Waals surface area contributed by atoms with Crippen molar-refractivity contribution in [3.05, 3.63) is 58.0 Å². The zero-order valence-corrected chi connectivity index (χ0v) is 11.9. The lowest BCUT2D eigenvalue weighted by molar-refractivity contribution is -0.137. The quantitative estimate of drug-likeness (QED) is 0.835. The van der Waals surface area contributed by atoms with E-state index >= 15 is 0 Å². The van der Waals surface area contributed by atoms with Crippen molar-refractivity contribution < 1.29 is 13.2 Å². The molecule has 1 aromatic carbocycles. The minimum absolute atomic E-state index is 0.207. The third-order valence-electron chi connectivity index (χ3n) is 3.40. The topological polar surface area (TPSA) is 22.0 Å². The van der Waals surface area contributed by atoms with E-state index in [2.05, 4.69) is 0 Å². The summed E-state index contributed by atoms with van der Waals surface area (Å²) in [4.78, 5) is 12.3. The molecular weight excluding hydrogens is 279 g/mol. The first-order chi connectivity index (χ1) is 9.86. The van der Waals surface area contributed by atoms with E-state index in [9.17, 15) is 18.0 Å². The number of alkyl halides is 3. The lowest BCUT2D eigenvalue weighted by atomic mass is 10.0. The highest BCUT2D eigenvalue weighted by Crippen LogP contribution is 2.31. The number of rotatable bonds is 3. The van der Waals surface area contributed by atoms with Crippen molar-refractivity contribution in [1.29, 1.82) is 0 Å². The highest BCUT2D eigenvalue weighted by atomic mass is 19.4. The first kappa shape index (κ1) is 15.4. The van der Waals surface area contributed by atoms with Gasteiger partial charge in [-0.2, -0.15) is 13.2 Å². The normalized spacial score (nSPS) is 11.7. The van der Waals surface area contributed by atoms with Crippen LogP contribution in [0.4, 0.5) is 13.2 Å². The smallest absolute Gasteiger partial charge is 0.353 e.